The lowest BCUT2D eigenvalue weighted by atomic mass is 10.1. The third-order valence-electron chi connectivity index (χ3n) is 2.65. The van der Waals surface area contributed by atoms with Gasteiger partial charge in [0.25, 0.3) is 0 Å². The lowest BCUT2D eigenvalue weighted by Gasteiger charge is -2.01. The molecule has 6 nitrogen and oxygen atoms in total. The van der Waals surface area contributed by atoms with Gasteiger partial charge in [0.15, 0.2) is 0 Å². The van der Waals surface area contributed by atoms with Gasteiger partial charge in [0.2, 0.25) is 0 Å². The van der Waals surface area contributed by atoms with Crippen molar-refractivity contribution in [1.29, 1.82) is 0 Å². The number of aryl methyl sites for hydroxylation is 1. The maximum absolute atomic E-state index is 10.6. The fourth-order valence-corrected chi connectivity index (χ4v) is 1.40. The molecule has 0 aliphatic heterocycles. The lowest BCUT2D eigenvalue weighted by Crippen LogP contribution is -2.03. The van der Waals surface area contributed by atoms with E-state index in [1.807, 2.05) is 13.8 Å². The van der Waals surface area contributed by atoms with Crippen molar-refractivity contribution in [2.75, 3.05) is 0 Å². The third-order valence-corrected chi connectivity index (χ3v) is 2.65. The quantitative estimate of drug-likeness (QED) is 0.770. The van der Waals surface area contributed by atoms with Crippen molar-refractivity contribution in [3.63, 3.8) is 0 Å². The maximum Gasteiger partial charge on any atom is 0.335 e. The molecule has 0 saturated heterocycles. The van der Waals surface area contributed by atoms with Crippen LogP contribution in [0.15, 0.2) is 18.2 Å². The maximum atomic E-state index is 10.6. The van der Waals surface area contributed by atoms with Crippen LogP contribution < -0.4 is 0 Å². The zero-order valence-corrected chi connectivity index (χ0v) is 12.3. The number of benzene rings is 1. The van der Waals surface area contributed by atoms with E-state index < -0.39 is 17.9 Å². The molecule has 116 valence electrons. The minimum absolute atomic E-state index is 0.0111. The molecular weight excluding hydrogens is 276 g/mol. The molecule has 6 heteroatoms. The highest BCUT2D eigenvalue weighted by Crippen LogP contribution is 2.11. The van der Waals surface area contributed by atoms with Crippen molar-refractivity contribution in [2.45, 2.75) is 33.6 Å². The van der Waals surface area contributed by atoms with Crippen molar-refractivity contribution < 1.29 is 29.7 Å². The second-order valence-electron chi connectivity index (χ2n) is 4.97. The second-order valence-corrected chi connectivity index (χ2v) is 4.97. The van der Waals surface area contributed by atoms with Gasteiger partial charge in [-0.05, 0) is 37.0 Å². The minimum Gasteiger partial charge on any atom is -0.481 e. The van der Waals surface area contributed by atoms with Crippen LogP contribution in [-0.4, -0.2) is 33.2 Å². The Bertz CT molecular complexity index is 519. The topological polar surface area (TPSA) is 112 Å². The summed E-state index contributed by atoms with van der Waals surface area (Å²) in [5.74, 6) is -2.42. The molecule has 0 spiro atoms. The summed E-state index contributed by atoms with van der Waals surface area (Å²) in [4.78, 5) is 31.0. The number of hydrogen-bond acceptors (Lipinski definition) is 3. The molecule has 0 fully saturated rings. The summed E-state index contributed by atoms with van der Waals surface area (Å²) in [5.41, 5.74) is 0.570. The molecule has 0 saturated carbocycles. The first-order chi connectivity index (χ1) is 9.65. The Kier molecular flexibility index (Phi) is 7.75. The molecule has 0 aromatic heterocycles. The van der Waals surface area contributed by atoms with Crippen molar-refractivity contribution in [2.24, 2.45) is 5.92 Å². The highest BCUT2D eigenvalue weighted by atomic mass is 16.4. The summed E-state index contributed by atoms with van der Waals surface area (Å²) < 4.78 is 0. The van der Waals surface area contributed by atoms with Crippen LogP contribution in [0.4, 0.5) is 0 Å². The first-order valence-electron chi connectivity index (χ1n) is 6.44. The first-order valence-corrected chi connectivity index (χ1v) is 6.44. The van der Waals surface area contributed by atoms with Gasteiger partial charge in [-0.1, -0.05) is 19.9 Å². The van der Waals surface area contributed by atoms with Crippen LogP contribution in [0.1, 0.15) is 53.0 Å². The Labute approximate surface area is 123 Å². The van der Waals surface area contributed by atoms with Crippen LogP contribution in [0.5, 0.6) is 0 Å². The number of carboxylic acid groups (broad SMARTS) is 3. The molecule has 1 aromatic rings. The number of aromatic carboxylic acids is 2. The SMILES string of the molecule is CC(C)CCC(=O)O.Cc1ccc(C(=O)O)cc1C(=O)O. The molecule has 0 heterocycles. The van der Waals surface area contributed by atoms with Gasteiger partial charge in [-0.15, -0.1) is 0 Å². The van der Waals surface area contributed by atoms with E-state index in [0.29, 0.717) is 17.9 Å². The molecule has 0 atom stereocenters. The number of carbonyl (C=O) groups is 3. The predicted molar refractivity (Wildman–Crippen MR) is 76.8 cm³/mol. The fraction of sp³-hybridized carbons (Fsp3) is 0.400. The second kappa shape index (κ2) is 8.73. The molecule has 0 aliphatic carbocycles. The Hall–Kier alpha value is -2.37. The van der Waals surface area contributed by atoms with Crippen LogP contribution in [0, 0.1) is 12.8 Å². The molecular formula is C15H20O6. The van der Waals surface area contributed by atoms with Crippen molar-refractivity contribution in [1.82, 2.24) is 0 Å². The summed E-state index contributed by atoms with van der Waals surface area (Å²) in [6.07, 6.45) is 1.09. The molecule has 3 N–H and O–H groups in total. The molecule has 0 bridgehead atoms. The summed E-state index contributed by atoms with van der Waals surface area (Å²) >= 11 is 0. The summed E-state index contributed by atoms with van der Waals surface area (Å²) in [6, 6.07) is 4.01. The molecule has 1 aromatic carbocycles. The fourth-order valence-electron chi connectivity index (χ4n) is 1.40. The Balaban J connectivity index is 0.000000433. The van der Waals surface area contributed by atoms with E-state index in [4.69, 9.17) is 15.3 Å². The Morgan fingerprint density at radius 3 is 1.95 bits per heavy atom. The van der Waals surface area contributed by atoms with Gasteiger partial charge in [0.05, 0.1) is 11.1 Å². The standard InChI is InChI=1S/C9H8O4.C6H12O2/c1-5-2-3-6(8(10)11)4-7(5)9(12)13;1-5(2)3-4-6(7)8/h2-4H,1H3,(H,10,11)(H,12,13);5H,3-4H2,1-2H3,(H,7,8). The van der Waals surface area contributed by atoms with Gasteiger partial charge in [-0.25, -0.2) is 9.59 Å². The van der Waals surface area contributed by atoms with Crippen LogP contribution in [0.2, 0.25) is 0 Å². The smallest absolute Gasteiger partial charge is 0.335 e. The van der Waals surface area contributed by atoms with Gasteiger partial charge in [-0.2, -0.15) is 0 Å². The molecule has 1 rings (SSSR count). The Morgan fingerprint density at radius 1 is 1.05 bits per heavy atom. The average Bonchev–Trinajstić information content (AvgIpc) is 2.37. The monoisotopic (exact) mass is 296 g/mol. The summed E-state index contributed by atoms with van der Waals surface area (Å²) in [5, 5.41) is 25.4. The summed E-state index contributed by atoms with van der Waals surface area (Å²) in [6.45, 7) is 5.65. The zero-order chi connectivity index (χ0) is 16.6. The molecule has 0 unspecified atom stereocenters. The van der Waals surface area contributed by atoms with Crippen LogP contribution in [0.3, 0.4) is 0 Å². The normalized spacial score (nSPS) is 9.71. The largest absolute Gasteiger partial charge is 0.481 e. The van der Waals surface area contributed by atoms with Gasteiger partial charge in [0, 0.05) is 6.42 Å². The Morgan fingerprint density at radius 2 is 1.62 bits per heavy atom. The zero-order valence-electron chi connectivity index (χ0n) is 12.3. The summed E-state index contributed by atoms with van der Waals surface area (Å²) in [7, 11) is 0. The predicted octanol–water partition coefficient (Wildman–Crippen LogP) is 2.90. The van der Waals surface area contributed by atoms with Gasteiger partial charge in [-0.3, -0.25) is 4.79 Å². The van der Waals surface area contributed by atoms with E-state index in [2.05, 4.69) is 0 Å². The van der Waals surface area contributed by atoms with E-state index in [1.54, 1.807) is 6.92 Å². The molecule has 0 amide bonds. The van der Waals surface area contributed by atoms with Crippen LogP contribution in [0.25, 0.3) is 0 Å². The van der Waals surface area contributed by atoms with Gasteiger partial charge >= 0.3 is 17.9 Å². The minimum atomic E-state index is -1.12. The van der Waals surface area contributed by atoms with E-state index in [9.17, 15) is 14.4 Å². The van der Waals surface area contributed by atoms with Crippen LogP contribution in [-0.2, 0) is 4.79 Å². The first kappa shape index (κ1) is 18.6. The van der Waals surface area contributed by atoms with Crippen molar-refractivity contribution in [3.05, 3.63) is 34.9 Å². The number of aliphatic carboxylic acids is 1. The number of hydrogen-bond donors (Lipinski definition) is 3. The third kappa shape index (κ3) is 7.71. The van der Waals surface area contributed by atoms with E-state index in [0.717, 1.165) is 12.5 Å². The van der Waals surface area contributed by atoms with E-state index in [1.165, 1.54) is 12.1 Å². The van der Waals surface area contributed by atoms with E-state index in [-0.39, 0.29) is 11.1 Å². The molecule has 0 aliphatic rings. The van der Waals surface area contributed by atoms with Crippen molar-refractivity contribution in [3.8, 4) is 0 Å². The van der Waals surface area contributed by atoms with Gasteiger partial charge in [0.1, 0.15) is 0 Å². The highest BCUT2D eigenvalue weighted by molar-refractivity contribution is 5.94. The van der Waals surface area contributed by atoms with Crippen molar-refractivity contribution >= 4 is 17.9 Å². The number of rotatable bonds is 5. The molecule has 21 heavy (non-hydrogen) atoms. The lowest BCUT2D eigenvalue weighted by molar-refractivity contribution is -0.137. The van der Waals surface area contributed by atoms with Gasteiger partial charge < -0.3 is 15.3 Å². The average molecular weight is 296 g/mol. The molecule has 0 radical (unpaired) electrons. The highest BCUT2D eigenvalue weighted by Gasteiger charge is 2.10. The van der Waals surface area contributed by atoms with Crippen LogP contribution >= 0.6 is 0 Å². The number of carboxylic acids is 3. The van der Waals surface area contributed by atoms with E-state index >= 15 is 0 Å².